The summed E-state index contributed by atoms with van der Waals surface area (Å²) >= 11 is 0. The molecule has 2 aromatic carbocycles. The summed E-state index contributed by atoms with van der Waals surface area (Å²) in [6, 6.07) is 1.01. The highest BCUT2D eigenvalue weighted by atomic mass is 19.4. The Bertz CT molecular complexity index is 1890. The Morgan fingerprint density at radius 1 is 0.472 bits per heavy atom. The molecule has 0 saturated heterocycles. The van der Waals surface area contributed by atoms with Crippen molar-refractivity contribution in [2.24, 2.45) is 0 Å². The van der Waals surface area contributed by atoms with E-state index in [1.165, 1.54) is 13.8 Å². The number of amides is 4. The van der Waals surface area contributed by atoms with E-state index < -0.39 is 129 Å². The lowest BCUT2D eigenvalue weighted by atomic mass is 9.79. The maximum absolute atomic E-state index is 16.0. The van der Waals surface area contributed by atoms with Gasteiger partial charge in [0.15, 0.2) is 0 Å². The number of nitrogens with zero attached hydrogens (tertiary/aromatic N) is 2. The maximum atomic E-state index is 16.0. The van der Waals surface area contributed by atoms with E-state index in [9.17, 15) is 76.3 Å². The standard InChI is InChI=1S/C30H21F17N2O4/c1-3-5-9-48-19(50)12-7-8-13-17-16(12)14(21(48)52)11-15(18(17)22(53)49(20(13)51)10-6-4-2)23(31,32)24(33,34)25(35,36)26(37,38)27(39,40)28(41,42)29(43,44)30(45,46)47/h7-8,11H,3-6,9-10H2,1-2H3. The van der Waals surface area contributed by atoms with E-state index in [1.54, 1.807) is 0 Å². The molecule has 2 heterocycles. The first-order valence-corrected chi connectivity index (χ1v) is 15.0. The zero-order chi connectivity index (χ0) is 40.9. The molecule has 53 heavy (non-hydrogen) atoms. The number of halogens is 17. The van der Waals surface area contributed by atoms with Crippen LogP contribution in [-0.4, -0.2) is 88.2 Å². The van der Waals surface area contributed by atoms with Crippen molar-refractivity contribution in [1.82, 2.24) is 9.80 Å². The molecule has 0 bridgehead atoms. The van der Waals surface area contributed by atoms with Crippen LogP contribution in [0.1, 0.15) is 86.5 Å². The zero-order valence-electron chi connectivity index (χ0n) is 26.4. The van der Waals surface area contributed by atoms with E-state index >= 15 is 17.6 Å². The zero-order valence-corrected chi connectivity index (χ0v) is 26.4. The number of carbonyl (C=O) groups excluding carboxylic acids is 4. The van der Waals surface area contributed by atoms with Crippen molar-refractivity contribution in [1.29, 1.82) is 0 Å². The molecule has 0 fully saturated rings. The van der Waals surface area contributed by atoms with Crippen LogP contribution in [-0.2, 0) is 5.92 Å². The van der Waals surface area contributed by atoms with Crippen LogP contribution in [0.2, 0.25) is 0 Å². The van der Waals surface area contributed by atoms with Crippen molar-refractivity contribution < 1.29 is 93.8 Å². The summed E-state index contributed by atoms with van der Waals surface area (Å²) < 4.78 is 242. The minimum atomic E-state index is -8.89. The molecular formula is C30H21F17N2O4. The predicted octanol–water partition coefficient (Wildman–Crippen LogP) is 9.10. The van der Waals surface area contributed by atoms with Crippen LogP contribution in [0.5, 0.6) is 0 Å². The van der Waals surface area contributed by atoms with Gasteiger partial charge in [0.1, 0.15) is 0 Å². The molecule has 0 aromatic heterocycles. The number of unbranched alkanes of at least 4 members (excludes halogenated alkanes) is 2. The number of benzene rings is 2. The van der Waals surface area contributed by atoms with Crippen LogP contribution >= 0.6 is 0 Å². The molecule has 4 amide bonds. The van der Waals surface area contributed by atoms with Crippen LogP contribution < -0.4 is 0 Å². The number of hydrogen-bond acceptors (Lipinski definition) is 4. The third-order valence-corrected chi connectivity index (χ3v) is 8.70. The number of hydrogen-bond donors (Lipinski definition) is 0. The minimum absolute atomic E-state index is 0.00981. The number of rotatable bonds is 13. The summed E-state index contributed by atoms with van der Waals surface area (Å²) in [5, 5.41) is -2.15. The molecule has 0 radical (unpaired) electrons. The highest BCUT2D eigenvalue weighted by Crippen LogP contribution is 2.65. The molecule has 0 saturated carbocycles. The van der Waals surface area contributed by atoms with Crippen molar-refractivity contribution in [2.45, 2.75) is 87.2 Å². The van der Waals surface area contributed by atoms with E-state index in [4.69, 9.17) is 0 Å². The van der Waals surface area contributed by atoms with Gasteiger partial charge in [0, 0.05) is 46.1 Å². The van der Waals surface area contributed by atoms with Crippen LogP contribution in [0.25, 0.3) is 10.8 Å². The molecule has 0 aliphatic carbocycles. The van der Waals surface area contributed by atoms with Gasteiger partial charge in [-0.3, -0.25) is 29.0 Å². The van der Waals surface area contributed by atoms with Gasteiger partial charge in [0.2, 0.25) is 0 Å². The first-order valence-electron chi connectivity index (χ1n) is 15.0. The Hall–Kier alpha value is -4.21. The van der Waals surface area contributed by atoms with Crippen LogP contribution in [0.15, 0.2) is 18.2 Å². The summed E-state index contributed by atoms with van der Waals surface area (Å²) in [5.41, 5.74) is -7.78. The Morgan fingerprint density at radius 2 is 0.830 bits per heavy atom. The topological polar surface area (TPSA) is 74.8 Å². The normalized spacial score (nSPS) is 16.7. The molecule has 2 aliphatic rings. The Morgan fingerprint density at radius 3 is 1.25 bits per heavy atom. The largest absolute Gasteiger partial charge is 0.460 e. The summed E-state index contributed by atoms with van der Waals surface area (Å²) in [6.07, 6.45) is -7.73. The highest BCUT2D eigenvalue weighted by molar-refractivity contribution is 6.33. The van der Waals surface area contributed by atoms with Crippen molar-refractivity contribution in [3.8, 4) is 0 Å². The molecule has 0 atom stereocenters. The summed E-state index contributed by atoms with van der Waals surface area (Å²) in [7, 11) is 0. The van der Waals surface area contributed by atoms with Gasteiger partial charge in [-0.1, -0.05) is 26.7 Å². The van der Waals surface area contributed by atoms with E-state index in [0.717, 1.165) is 6.07 Å². The van der Waals surface area contributed by atoms with E-state index in [1.807, 2.05) is 0 Å². The third kappa shape index (κ3) is 5.28. The molecule has 6 nitrogen and oxygen atoms in total. The molecule has 2 aliphatic heterocycles. The van der Waals surface area contributed by atoms with E-state index in [-0.39, 0.29) is 30.6 Å². The summed E-state index contributed by atoms with van der Waals surface area (Å²) in [4.78, 5) is 53.9. The molecule has 2 aromatic rings. The van der Waals surface area contributed by atoms with Gasteiger partial charge in [0.05, 0.1) is 5.56 Å². The van der Waals surface area contributed by atoms with Crippen LogP contribution in [0.3, 0.4) is 0 Å². The van der Waals surface area contributed by atoms with E-state index in [0.29, 0.717) is 11.0 Å². The molecule has 4 rings (SSSR count). The maximum Gasteiger partial charge on any atom is 0.460 e. The lowest BCUT2D eigenvalue weighted by Crippen LogP contribution is -2.74. The molecule has 294 valence electrons. The fourth-order valence-electron chi connectivity index (χ4n) is 5.69. The monoisotopic (exact) mass is 796 g/mol. The van der Waals surface area contributed by atoms with Crippen molar-refractivity contribution >= 4 is 34.4 Å². The number of alkyl halides is 17. The highest BCUT2D eigenvalue weighted by Gasteiger charge is 2.95. The molecule has 23 heteroatoms. The minimum Gasteiger partial charge on any atom is -0.274 e. The lowest BCUT2D eigenvalue weighted by Gasteiger charge is -2.43. The molecule has 0 unspecified atom stereocenters. The van der Waals surface area contributed by atoms with E-state index in [2.05, 4.69) is 0 Å². The molecule has 0 spiro atoms. The van der Waals surface area contributed by atoms with Gasteiger partial charge >= 0.3 is 47.6 Å². The SMILES string of the molecule is CCCCN1C(=O)c2ccc3c4c(c(C(F)(F)C(F)(F)C(F)(F)C(F)(F)C(F)(F)C(F)(F)C(F)(F)C(F)(F)F)cc(c24)C1=O)C(=O)N(CCCC)C3=O. The summed E-state index contributed by atoms with van der Waals surface area (Å²) in [6.45, 7) is 1.72. The first kappa shape index (κ1) is 41.5. The Labute approximate surface area is 284 Å². The Balaban J connectivity index is 2.08. The molecular weight excluding hydrogens is 775 g/mol. The number of carbonyl (C=O) groups is 4. The molecule has 0 N–H and O–H groups in total. The lowest BCUT2D eigenvalue weighted by molar-refractivity contribution is -0.462. The van der Waals surface area contributed by atoms with Crippen molar-refractivity contribution in [3.63, 3.8) is 0 Å². The second-order valence-electron chi connectivity index (χ2n) is 12.0. The average Bonchev–Trinajstić information content (AvgIpc) is 3.04. The third-order valence-electron chi connectivity index (χ3n) is 8.70. The van der Waals surface area contributed by atoms with Crippen LogP contribution in [0, 0.1) is 0 Å². The second-order valence-corrected chi connectivity index (χ2v) is 12.0. The van der Waals surface area contributed by atoms with Gasteiger partial charge in [-0.05, 0) is 31.0 Å². The second kappa shape index (κ2) is 12.4. The van der Waals surface area contributed by atoms with Gasteiger partial charge in [-0.2, -0.15) is 74.6 Å². The van der Waals surface area contributed by atoms with Gasteiger partial charge in [-0.15, -0.1) is 0 Å². The van der Waals surface area contributed by atoms with Gasteiger partial charge in [0.25, 0.3) is 23.6 Å². The quantitative estimate of drug-likeness (QED) is 0.150. The Kier molecular flexibility index (Phi) is 9.73. The fraction of sp³-hybridized carbons (Fsp3) is 0.533. The van der Waals surface area contributed by atoms with Crippen LogP contribution in [0.4, 0.5) is 74.6 Å². The fourth-order valence-corrected chi connectivity index (χ4v) is 5.69. The van der Waals surface area contributed by atoms with Crippen molar-refractivity contribution in [3.05, 3.63) is 46.0 Å². The first-order chi connectivity index (χ1) is 23.9. The predicted molar refractivity (Wildman–Crippen MR) is 144 cm³/mol. The van der Waals surface area contributed by atoms with Gasteiger partial charge in [-0.25, -0.2) is 0 Å². The van der Waals surface area contributed by atoms with Crippen molar-refractivity contribution in [2.75, 3.05) is 13.1 Å². The van der Waals surface area contributed by atoms with Gasteiger partial charge < -0.3 is 0 Å². The number of imide groups is 2. The smallest absolute Gasteiger partial charge is 0.274 e. The summed E-state index contributed by atoms with van der Waals surface area (Å²) in [5.74, 6) is -65.4. The average molecular weight is 796 g/mol.